The van der Waals surface area contributed by atoms with Crippen LogP contribution in [0.2, 0.25) is 0 Å². The number of fused-ring (bicyclic) bond motifs is 3. The molecule has 0 aliphatic carbocycles. The molecule has 0 N–H and O–H groups in total. The maximum atomic E-state index is 13.5. The minimum Gasteiger partial charge on any atom is -0.282 e. The predicted molar refractivity (Wildman–Crippen MR) is 126 cm³/mol. The van der Waals surface area contributed by atoms with Crippen molar-refractivity contribution in [1.82, 2.24) is 14.5 Å². The summed E-state index contributed by atoms with van der Waals surface area (Å²) in [6, 6.07) is 14.5. The molecule has 0 atom stereocenters. The molecular weight excluding hydrogens is 486 g/mol. The number of rotatable bonds is 5. The van der Waals surface area contributed by atoms with E-state index in [1.807, 2.05) is 6.07 Å². The van der Waals surface area contributed by atoms with E-state index >= 15 is 0 Å². The van der Waals surface area contributed by atoms with E-state index < -0.39 is 11.7 Å². The molecule has 34 heavy (non-hydrogen) atoms. The first-order chi connectivity index (χ1) is 16.3. The van der Waals surface area contributed by atoms with Gasteiger partial charge in [-0.3, -0.25) is 9.36 Å². The molecule has 0 aliphatic heterocycles. The molecule has 0 radical (unpaired) electrons. The fraction of sp³-hybridized carbons (Fsp3) is 0.125. The quantitative estimate of drug-likeness (QED) is 0.157. The molecule has 0 spiro atoms. The fourth-order valence-electron chi connectivity index (χ4n) is 3.55. The van der Waals surface area contributed by atoms with E-state index in [0.717, 1.165) is 17.5 Å². The van der Waals surface area contributed by atoms with Gasteiger partial charge in [0.2, 0.25) is 0 Å². The Labute approximate surface area is 198 Å². The van der Waals surface area contributed by atoms with Crippen molar-refractivity contribution in [2.24, 2.45) is 0 Å². The molecule has 172 valence electrons. The molecule has 3 heterocycles. The normalized spacial score (nSPS) is 12.0. The second kappa shape index (κ2) is 8.84. The Bertz CT molecular complexity index is 1560. The van der Waals surface area contributed by atoms with Crippen molar-refractivity contribution in [2.75, 3.05) is 0 Å². The number of halogens is 4. The molecule has 3 aromatic heterocycles. The molecule has 0 amide bonds. The van der Waals surface area contributed by atoms with Crippen molar-refractivity contribution >= 4 is 43.5 Å². The van der Waals surface area contributed by atoms with Gasteiger partial charge in [-0.2, -0.15) is 13.2 Å². The summed E-state index contributed by atoms with van der Waals surface area (Å²) in [4.78, 5) is 23.2. The number of nitrogens with zero attached hydrogens (tertiary/aromatic N) is 3. The maximum absolute atomic E-state index is 13.5. The van der Waals surface area contributed by atoms with Crippen LogP contribution in [0.4, 0.5) is 17.6 Å². The van der Waals surface area contributed by atoms with E-state index in [4.69, 9.17) is 4.98 Å². The Balaban J connectivity index is 1.59. The Morgan fingerprint density at radius 1 is 1.00 bits per heavy atom. The molecule has 10 heteroatoms. The monoisotopic (exact) mass is 501 g/mol. The number of hydrogen-bond donors (Lipinski definition) is 0. The van der Waals surface area contributed by atoms with Crippen LogP contribution in [-0.2, 0) is 18.5 Å². The third kappa shape index (κ3) is 4.43. The van der Waals surface area contributed by atoms with Crippen LogP contribution in [0.25, 0.3) is 20.4 Å². The minimum absolute atomic E-state index is 0.147. The predicted octanol–water partition coefficient (Wildman–Crippen LogP) is 6.50. The molecule has 0 saturated carbocycles. The summed E-state index contributed by atoms with van der Waals surface area (Å²) in [5.74, 6) is -0.203. The Morgan fingerprint density at radius 3 is 2.56 bits per heavy atom. The summed E-state index contributed by atoms with van der Waals surface area (Å²) in [6.45, 7) is 0.147. The number of hydrogen-bond acceptors (Lipinski definition) is 5. The lowest BCUT2D eigenvalue weighted by molar-refractivity contribution is -0.137. The number of thiophene rings is 1. The number of benzene rings is 2. The number of aromatic nitrogens is 3. The first kappa shape index (κ1) is 22.5. The largest absolute Gasteiger partial charge is 0.416 e. The van der Waals surface area contributed by atoms with Gasteiger partial charge in [0.05, 0.1) is 17.6 Å². The molecule has 0 aliphatic rings. The van der Waals surface area contributed by atoms with Crippen LogP contribution < -0.4 is 5.56 Å². The zero-order chi connectivity index (χ0) is 23.9. The van der Waals surface area contributed by atoms with E-state index in [-0.39, 0.29) is 23.7 Å². The van der Waals surface area contributed by atoms with Crippen molar-refractivity contribution in [2.45, 2.75) is 23.6 Å². The van der Waals surface area contributed by atoms with Gasteiger partial charge in [0, 0.05) is 17.3 Å². The summed E-state index contributed by atoms with van der Waals surface area (Å²) >= 11 is 2.42. The zero-order valence-electron chi connectivity index (χ0n) is 17.3. The van der Waals surface area contributed by atoms with Gasteiger partial charge in [-0.1, -0.05) is 42.1 Å². The molecule has 2 aromatic carbocycles. The SMILES string of the molecule is O=c1c2sc3ncccc3c2nc(SCc2cccc(C(F)(F)F)c2)n1Cc1ccc(F)cc1. The van der Waals surface area contributed by atoms with E-state index in [9.17, 15) is 22.4 Å². The Morgan fingerprint density at radius 2 is 1.79 bits per heavy atom. The van der Waals surface area contributed by atoms with Gasteiger partial charge in [-0.05, 0) is 41.5 Å². The van der Waals surface area contributed by atoms with Crippen LogP contribution in [0.1, 0.15) is 16.7 Å². The van der Waals surface area contributed by atoms with Crippen molar-refractivity contribution in [3.63, 3.8) is 0 Å². The zero-order valence-corrected chi connectivity index (χ0v) is 19.0. The van der Waals surface area contributed by atoms with E-state index in [0.29, 0.717) is 31.3 Å². The van der Waals surface area contributed by atoms with Crippen molar-refractivity contribution < 1.29 is 17.6 Å². The highest BCUT2D eigenvalue weighted by Crippen LogP contribution is 2.33. The topological polar surface area (TPSA) is 47.8 Å². The second-order valence-electron chi connectivity index (χ2n) is 7.53. The van der Waals surface area contributed by atoms with E-state index in [1.54, 1.807) is 30.5 Å². The summed E-state index contributed by atoms with van der Waals surface area (Å²) in [5, 5.41) is 1.11. The highest BCUT2D eigenvalue weighted by atomic mass is 32.2. The Hall–Kier alpha value is -3.24. The van der Waals surface area contributed by atoms with Crippen molar-refractivity contribution in [3.8, 4) is 0 Å². The summed E-state index contributed by atoms with van der Waals surface area (Å²) in [6.07, 6.45) is -2.80. The summed E-state index contributed by atoms with van der Waals surface area (Å²) in [7, 11) is 0. The molecule has 0 bridgehead atoms. The molecule has 5 rings (SSSR count). The fourth-order valence-corrected chi connectivity index (χ4v) is 5.51. The summed E-state index contributed by atoms with van der Waals surface area (Å²) < 4.78 is 54.6. The molecule has 5 aromatic rings. The lowest BCUT2D eigenvalue weighted by atomic mass is 10.1. The lowest BCUT2D eigenvalue weighted by Gasteiger charge is -2.13. The van der Waals surface area contributed by atoms with Crippen LogP contribution in [0.15, 0.2) is 76.8 Å². The van der Waals surface area contributed by atoms with Gasteiger partial charge in [-0.25, -0.2) is 14.4 Å². The standard InChI is InChI=1S/C24H15F4N3OS2/c25-17-8-6-14(7-9-17)12-31-22(32)20-19(18-5-2-10-29-21(18)34-20)30-23(31)33-13-15-3-1-4-16(11-15)24(26,27)28/h1-11H,12-13H2. The van der Waals surface area contributed by atoms with Crippen LogP contribution in [0, 0.1) is 5.82 Å². The van der Waals surface area contributed by atoms with Gasteiger partial charge >= 0.3 is 6.18 Å². The van der Waals surface area contributed by atoms with E-state index in [2.05, 4.69) is 4.98 Å². The van der Waals surface area contributed by atoms with Crippen LogP contribution in [-0.4, -0.2) is 14.5 Å². The van der Waals surface area contributed by atoms with Gasteiger partial charge in [0.1, 0.15) is 15.3 Å². The van der Waals surface area contributed by atoms with Gasteiger partial charge in [0.15, 0.2) is 5.16 Å². The third-order valence-electron chi connectivity index (χ3n) is 5.19. The van der Waals surface area contributed by atoms with Crippen LogP contribution >= 0.6 is 23.1 Å². The molecule has 0 unspecified atom stereocenters. The average Bonchev–Trinajstić information content (AvgIpc) is 3.20. The first-order valence-corrected chi connectivity index (χ1v) is 11.9. The number of pyridine rings is 1. The van der Waals surface area contributed by atoms with Crippen molar-refractivity contribution in [3.05, 3.63) is 99.7 Å². The highest BCUT2D eigenvalue weighted by molar-refractivity contribution is 7.98. The molecule has 0 fully saturated rings. The van der Waals surface area contributed by atoms with Crippen LogP contribution in [0.3, 0.4) is 0 Å². The molecule has 4 nitrogen and oxygen atoms in total. The second-order valence-corrected chi connectivity index (χ2v) is 9.48. The molecular formula is C24H15F4N3OS2. The third-order valence-corrected chi connectivity index (χ3v) is 7.33. The van der Waals surface area contributed by atoms with Gasteiger partial charge < -0.3 is 0 Å². The summed E-state index contributed by atoms with van der Waals surface area (Å²) in [5.41, 5.74) is 0.667. The maximum Gasteiger partial charge on any atom is 0.416 e. The Kier molecular flexibility index (Phi) is 5.86. The number of alkyl halides is 3. The average molecular weight is 502 g/mol. The number of thioether (sulfide) groups is 1. The highest BCUT2D eigenvalue weighted by Gasteiger charge is 2.30. The van der Waals surface area contributed by atoms with Gasteiger partial charge in [0.25, 0.3) is 5.56 Å². The van der Waals surface area contributed by atoms with E-state index in [1.165, 1.54) is 45.9 Å². The molecule has 0 saturated heterocycles. The van der Waals surface area contributed by atoms with Gasteiger partial charge in [-0.15, -0.1) is 11.3 Å². The minimum atomic E-state index is -4.44. The lowest BCUT2D eigenvalue weighted by Crippen LogP contribution is -2.23. The van der Waals surface area contributed by atoms with Crippen LogP contribution in [0.5, 0.6) is 0 Å². The smallest absolute Gasteiger partial charge is 0.282 e. The van der Waals surface area contributed by atoms with Crippen molar-refractivity contribution in [1.29, 1.82) is 0 Å². The first-order valence-electron chi connectivity index (χ1n) is 10.1.